The zero-order valence-electron chi connectivity index (χ0n) is 9.70. The summed E-state index contributed by atoms with van der Waals surface area (Å²) in [7, 11) is 0. The summed E-state index contributed by atoms with van der Waals surface area (Å²) in [4.78, 5) is 3.95. The summed E-state index contributed by atoms with van der Waals surface area (Å²) in [6.45, 7) is 6.27. The normalized spacial score (nSPS) is 16.1. The summed E-state index contributed by atoms with van der Waals surface area (Å²) >= 11 is 0. The third-order valence-electron chi connectivity index (χ3n) is 2.98. The molecule has 1 aromatic heterocycles. The monoisotopic (exact) mass is 208 g/mol. The summed E-state index contributed by atoms with van der Waals surface area (Å²) in [6, 6.07) is 3.82. The van der Waals surface area contributed by atoms with Crippen LogP contribution in [-0.2, 0) is 6.42 Å². The Kier molecular flexibility index (Phi) is 3.47. The number of hydrogen-bond acceptors (Lipinski definition) is 3. The maximum absolute atomic E-state index is 10.5. The molecule has 84 valence electrons. The van der Waals surface area contributed by atoms with Crippen molar-refractivity contribution in [2.24, 2.45) is 11.1 Å². The van der Waals surface area contributed by atoms with Gasteiger partial charge >= 0.3 is 0 Å². The molecule has 0 aromatic carbocycles. The van der Waals surface area contributed by atoms with Gasteiger partial charge in [-0.3, -0.25) is 4.98 Å². The lowest BCUT2D eigenvalue weighted by molar-refractivity contribution is -0.0490. The second-order valence-electron chi connectivity index (χ2n) is 5.02. The number of nitrogens with two attached hydrogens (primary N) is 1. The molecule has 3 N–H and O–H groups in total. The highest BCUT2D eigenvalue weighted by molar-refractivity contribution is 5.14. The average molecular weight is 208 g/mol. The molecule has 0 aliphatic heterocycles. The van der Waals surface area contributed by atoms with Gasteiger partial charge in [0.25, 0.3) is 0 Å². The van der Waals surface area contributed by atoms with Crippen molar-refractivity contribution < 1.29 is 5.11 Å². The Labute approximate surface area is 91.3 Å². The van der Waals surface area contributed by atoms with Crippen molar-refractivity contribution in [3.05, 3.63) is 30.1 Å². The van der Waals surface area contributed by atoms with E-state index in [2.05, 4.69) is 4.98 Å². The van der Waals surface area contributed by atoms with E-state index >= 15 is 0 Å². The first kappa shape index (κ1) is 12.1. The van der Waals surface area contributed by atoms with Gasteiger partial charge in [0.15, 0.2) is 0 Å². The molecule has 1 rings (SSSR count). The molecule has 0 spiro atoms. The molecule has 1 heterocycles. The van der Waals surface area contributed by atoms with Gasteiger partial charge in [0.1, 0.15) is 0 Å². The largest absolute Gasteiger partial charge is 0.388 e. The first-order chi connectivity index (χ1) is 6.89. The Hall–Kier alpha value is -0.930. The van der Waals surface area contributed by atoms with Crippen LogP contribution in [0.15, 0.2) is 24.5 Å². The van der Waals surface area contributed by atoms with Gasteiger partial charge in [-0.1, -0.05) is 20.8 Å². The van der Waals surface area contributed by atoms with Gasteiger partial charge in [0.2, 0.25) is 0 Å². The SMILES string of the molecule is CC(C)(C)C(O)(CN)Cc1ccncc1. The highest BCUT2D eigenvalue weighted by atomic mass is 16.3. The molecule has 0 aliphatic carbocycles. The summed E-state index contributed by atoms with van der Waals surface area (Å²) in [5.74, 6) is 0. The molecule has 0 saturated carbocycles. The Morgan fingerprint density at radius 1 is 1.27 bits per heavy atom. The Morgan fingerprint density at radius 2 is 1.80 bits per heavy atom. The van der Waals surface area contributed by atoms with Crippen molar-refractivity contribution in [2.45, 2.75) is 32.8 Å². The first-order valence-electron chi connectivity index (χ1n) is 5.20. The molecule has 1 aromatic rings. The second kappa shape index (κ2) is 4.29. The molecule has 1 unspecified atom stereocenters. The maximum Gasteiger partial charge on any atom is 0.0857 e. The quantitative estimate of drug-likeness (QED) is 0.788. The average Bonchev–Trinajstić information content (AvgIpc) is 2.17. The molecule has 0 saturated heterocycles. The van der Waals surface area contributed by atoms with Crippen molar-refractivity contribution in [1.82, 2.24) is 4.98 Å². The Morgan fingerprint density at radius 3 is 2.20 bits per heavy atom. The lowest BCUT2D eigenvalue weighted by Crippen LogP contribution is -2.50. The van der Waals surface area contributed by atoms with Crippen LogP contribution in [0.25, 0.3) is 0 Å². The van der Waals surface area contributed by atoms with Crippen LogP contribution in [0, 0.1) is 5.41 Å². The number of aromatic nitrogens is 1. The van der Waals surface area contributed by atoms with Crippen molar-refractivity contribution in [3.63, 3.8) is 0 Å². The first-order valence-corrected chi connectivity index (χ1v) is 5.20. The summed E-state index contributed by atoms with van der Waals surface area (Å²) in [5, 5.41) is 10.5. The molecule has 0 amide bonds. The van der Waals surface area contributed by atoms with Crippen molar-refractivity contribution >= 4 is 0 Å². The summed E-state index contributed by atoms with van der Waals surface area (Å²) < 4.78 is 0. The fourth-order valence-electron chi connectivity index (χ4n) is 1.48. The van der Waals surface area contributed by atoms with Gasteiger partial charge in [0.05, 0.1) is 5.60 Å². The van der Waals surface area contributed by atoms with Gasteiger partial charge in [-0.25, -0.2) is 0 Å². The van der Waals surface area contributed by atoms with Gasteiger partial charge in [-0.05, 0) is 23.1 Å². The van der Waals surface area contributed by atoms with Crippen LogP contribution in [-0.4, -0.2) is 22.2 Å². The molecule has 0 bridgehead atoms. The topological polar surface area (TPSA) is 59.1 Å². The third-order valence-corrected chi connectivity index (χ3v) is 2.98. The van der Waals surface area contributed by atoms with Gasteiger partial charge < -0.3 is 10.8 Å². The van der Waals surface area contributed by atoms with E-state index in [0.717, 1.165) is 5.56 Å². The van der Waals surface area contributed by atoms with E-state index in [-0.39, 0.29) is 12.0 Å². The van der Waals surface area contributed by atoms with Gasteiger partial charge in [-0.15, -0.1) is 0 Å². The Bertz CT molecular complexity index is 305. The van der Waals surface area contributed by atoms with Crippen molar-refractivity contribution in [2.75, 3.05) is 6.54 Å². The lowest BCUT2D eigenvalue weighted by Gasteiger charge is -2.39. The summed E-state index contributed by atoms with van der Waals surface area (Å²) in [5.41, 5.74) is 5.64. The minimum atomic E-state index is -0.867. The maximum atomic E-state index is 10.5. The van der Waals surface area contributed by atoms with E-state index < -0.39 is 5.60 Å². The van der Waals surface area contributed by atoms with Crippen LogP contribution in [0.3, 0.4) is 0 Å². The van der Waals surface area contributed by atoms with Crippen LogP contribution in [0.2, 0.25) is 0 Å². The van der Waals surface area contributed by atoms with E-state index in [0.29, 0.717) is 6.42 Å². The van der Waals surface area contributed by atoms with E-state index in [1.54, 1.807) is 12.4 Å². The van der Waals surface area contributed by atoms with Gasteiger partial charge in [0, 0.05) is 25.4 Å². The third kappa shape index (κ3) is 2.76. The zero-order valence-corrected chi connectivity index (χ0v) is 9.70. The van der Waals surface area contributed by atoms with E-state index in [1.165, 1.54) is 0 Å². The van der Waals surface area contributed by atoms with Crippen LogP contribution < -0.4 is 5.73 Å². The predicted octanol–water partition coefficient (Wildman–Crippen LogP) is 1.36. The molecule has 0 fully saturated rings. The molecule has 3 nitrogen and oxygen atoms in total. The minimum Gasteiger partial charge on any atom is -0.388 e. The number of hydrogen-bond donors (Lipinski definition) is 2. The summed E-state index contributed by atoms with van der Waals surface area (Å²) in [6.07, 6.45) is 4.03. The van der Waals surface area contributed by atoms with Crippen LogP contribution >= 0.6 is 0 Å². The van der Waals surface area contributed by atoms with Crippen molar-refractivity contribution in [1.29, 1.82) is 0 Å². The molecule has 3 heteroatoms. The Balaban J connectivity index is 2.87. The molecule has 15 heavy (non-hydrogen) atoms. The fourth-order valence-corrected chi connectivity index (χ4v) is 1.48. The fraction of sp³-hybridized carbons (Fsp3) is 0.583. The number of rotatable bonds is 3. The number of aliphatic hydroxyl groups is 1. The molecular weight excluding hydrogens is 188 g/mol. The lowest BCUT2D eigenvalue weighted by atomic mass is 9.73. The number of nitrogens with zero attached hydrogens (tertiary/aromatic N) is 1. The molecule has 0 aliphatic rings. The highest BCUT2D eigenvalue weighted by Gasteiger charge is 2.38. The smallest absolute Gasteiger partial charge is 0.0857 e. The standard InChI is InChI=1S/C12H20N2O/c1-11(2,3)12(15,9-13)8-10-4-6-14-7-5-10/h4-7,15H,8-9,13H2,1-3H3. The van der Waals surface area contributed by atoms with E-state index in [4.69, 9.17) is 5.73 Å². The zero-order chi connectivity index (χ0) is 11.5. The molecule has 0 radical (unpaired) electrons. The molecule has 1 atom stereocenters. The number of pyridine rings is 1. The predicted molar refractivity (Wildman–Crippen MR) is 61.4 cm³/mol. The van der Waals surface area contributed by atoms with E-state index in [1.807, 2.05) is 32.9 Å². The minimum absolute atomic E-state index is 0.231. The van der Waals surface area contributed by atoms with Crippen LogP contribution in [0.5, 0.6) is 0 Å². The highest BCUT2D eigenvalue weighted by Crippen LogP contribution is 2.32. The van der Waals surface area contributed by atoms with Crippen LogP contribution in [0.4, 0.5) is 0 Å². The second-order valence-corrected chi connectivity index (χ2v) is 5.02. The van der Waals surface area contributed by atoms with Crippen molar-refractivity contribution in [3.8, 4) is 0 Å². The van der Waals surface area contributed by atoms with Crippen LogP contribution in [0.1, 0.15) is 26.3 Å². The molecular formula is C12H20N2O. The van der Waals surface area contributed by atoms with E-state index in [9.17, 15) is 5.11 Å². The van der Waals surface area contributed by atoms with Gasteiger partial charge in [-0.2, -0.15) is 0 Å².